The van der Waals surface area contributed by atoms with Crippen LogP contribution in [0.1, 0.15) is 20.0 Å². The van der Waals surface area contributed by atoms with Crippen LogP contribution < -0.4 is 19.5 Å². The van der Waals surface area contributed by atoms with E-state index in [4.69, 9.17) is 25.8 Å². The number of nitrogens with one attached hydrogen (secondary N) is 1. The number of hydrogen-bond donors (Lipinski definition) is 1. The van der Waals surface area contributed by atoms with Crippen molar-refractivity contribution in [1.82, 2.24) is 0 Å². The number of ether oxygens (including phenoxy) is 3. The molecule has 0 saturated heterocycles. The molecule has 6 nitrogen and oxygen atoms in total. The molecule has 3 aromatic rings. The highest BCUT2D eigenvalue weighted by Gasteiger charge is 2.21. The standard InChI is InChI=1S/C19H12ClNO5S/c20-14-8-11(9-15-17(14)25-10-24-15)19(23)26-13-5-3-12(4-6-13)21-18(22)16-2-1-7-27-16/h1-9H,10H2,(H,21,22). The van der Waals surface area contributed by atoms with Gasteiger partial charge in [0.05, 0.1) is 15.5 Å². The molecule has 0 spiro atoms. The number of carbonyl (C=O) groups is 2. The topological polar surface area (TPSA) is 73.9 Å². The van der Waals surface area contributed by atoms with Crippen LogP contribution in [0, 0.1) is 0 Å². The summed E-state index contributed by atoms with van der Waals surface area (Å²) in [5.74, 6) is 0.387. The average molecular weight is 402 g/mol. The number of fused-ring (bicyclic) bond motifs is 1. The minimum absolute atomic E-state index is 0.0617. The Balaban J connectivity index is 1.43. The quantitative estimate of drug-likeness (QED) is 0.510. The molecule has 1 aromatic heterocycles. The first-order chi connectivity index (χ1) is 13.1. The maximum absolute atomic E-state index is 12.3. The predicted molar refractivity (Wildman–Crippen MR) is 101 cm³/mol. The Bertz CT molecular complexity index is 1000. The zero-order chi connectivity index (χ0) is 18.8. The van der Waals surface area contributed by atoms with Crippen LogP contribution in [-0.2, 0) is 0 Å². The monoisotopic (exact) mass is 401 g/mol. The largest absolute Gasteiger partial charge is 0.454 e. The Hall–Kier alpha value is -3.03. The number of anilines is 1. The van der Waals surface area contributed by atoms with Gasteiger partial charge in [0, 0.05) is 5.69 Å². The van der Waals surface area contributed by atoms with Gasteiger partial charge in [0.2, 0.25) is 6.79 Å². The highest BCUT2D eigenvalue weighted by Crippen LogP contribution is 2.40. The Morgan fingerprint density at radius 3 is 2.67 bits per heavy atom. The summed E-state index contributed by atoms with van der Waals surface area (Å²) in [4.78, 5) is 25.0. The molecule has 0 fully saturated rings. The normalized spacial score (nSPS) is 11.9. The van der Waals surface area contributed by atoms with Gasteiger partial charge in [0.25, 0.3) is 5.91 Å². The molecule has 1 aliphatic heterocycles. The fourth-order valence-corrected chi connectivity index (χ4v) is 3.34. The van der Waals surface area contributed by atoms with Crippen LogP contribution in [-0.4, -0.2) is 18.7 Å². The number of hydrogen-bond acceptors (Lipinski definition) is 6. The van der Waals surface area contributed by atoms with E-state index in [0.29, 0.717) is 27.8 Å². The van der Waals surface area contributed by atoms with Crippen LogP contribution in [0.4, 0.5) is 5.69 Å². The van der Waals surface area contributed by atoms with Gasteiger partial charge in [-0.2, -0.15) is 0 Å². The number of amides is 1. The first kappa shape index (κ1) is 17.4. The van der Waals surface area contributed by atoms with Gasteiger partial charge < -0.3 is 19.5 Å². The molecule has 0 unspecified atom stereocenters. The zero-order valence-electron chi connectivity index (χ0n) is 13.7. The summed E-state index contributed by atoms with van der Waals surface area (Å²) in [6, 6.07) is 13.0. The molecule has 0 aliphatic carbocycles. The molecule has 0 radical (unpaired) electrons. The van der Waals surface area contributed by atoms with Gasteiger partial charge in [-0.05, 0) is 47.8 Å². The lowest BCUT2D eigenvalue weighted by Gasteiger charge is -2.08. The number of halogens is 1. The number of rotatable bonds is 4. The van der Waals surface area contributed by atoms with E-state index >= 15 is 0 Å². The Morgan fingerprint density at radius 1 is 1.11 bits per heavy atom. The number of esters is 1. The summed E-state index contributed by atoms with van der Waals surface area (Å²) >= 11 is 7.44. The van der Waals surface area contributed by atoms with E-state index in [1.807, 2.05) is 11.4 Å². The van der Waals surface area contributed by atoms with E-state index in [9.17, 15) is 9.59 Å². The van der Waals surface area contributed by atoms with E-state index in [1.165, 1.54) is 23.5 Å². The molecule has 0 bridgehead atoms. The third kappa shape index (κ3) is 3.74. The van der Waals surface area contributed by atoms with Crippen LogP contribution in [0.15, 0.2) is 53.9 Å². The molecular formula is C19H12ClNO5S. The average Bonchev–Trinajstić information content (AvgIpc) is 3.35. The van der Waals surface area contributed by atoms with Gasteiger partial charge in [-0.25, -0.2) is 4.79 Å². The van der Waals surface area contributed by atoms with Crippen molar-refractivity contribution in [2.45, 2.75) is 0 Å². The van der Waals surface area contributed by atoms with Gasteiger partial charge >= 0.3 is 5.97 Å². The fourth-order valence-electron chi connectivity index (χ4n) is 2.46. The molecule has 0 saturated carbocycles. The van der Waals surface area contributed by atoms with Gasteiger partial charge in [-0.3, -0.25) is 4.79 Å². The summed E-state index contributed by atoms with van der Waals surface area (Å²) in [6.45, 7) is 0.0617. The second-order valence-electron chi connectivity index (χ2n) is 5.54. The van der Waals surface area contributed by atoms with Crippen LogP contribution in [0.25, 0.3) is 0 Å². The van der Waals surface area contributed by atoms with Gasteiger partial charge in [0.15, 0.2) is 11.5 Å². The Kier molecular flexibility index (Phi) is 4.70. The molecule has 0 atom stereocenters. The summed E-state index contributed by atoms with van der Waals surface area (Å²) in [6.07, 6.45) is 0. The van der Waals surface area contributed by atoms with Crippen molar-refractivity contribution in [3.05, 3.63) is 69.4 Å². The molecule has 1 amide bonds. The minimum atomic E-state index is -0.578. The summed E-state index contributed by atoms with van der Waals surface area (Å²) in [7, 11) is 0. The van der Waals surface area contributed by atoms with Gasteiger partial charge in [-0.1, -0.05) is 17.7 Å². The van der Waals surface area contributed by atoms with Crippen LogP contribution in [0.2, 0.25) is 5.02 Å². The molecule has 2 heterocycles. The molecule has 4 rings (SSSR count). The predicted octanol–water partition coefficient (Wildman–Crippen LogP) is 4.60. The van der Waals surface area contributed by atoms with Crippen molar-refractivity contribution in [3.63, 3.8) is 0 Å². The Labute approximate surface area is 163 Å². The third-order valence-corrected chi connectivity index (χ3v) is 4.88. The molecule has 1 aliphatic rings. The van der Waals surface area contributed by atoms with Crippen LogP contribution >= 0.6 is 22.9 Å². The van der Waals surface area contributed by atoms with Crippen LogP contribution in [0.3, 0.4) is 0 Å². The van der Waals surface area contributed by atoms with E-state index in [2.05, 4.69) is 5.32 Å². The first-order valence-electron chi connectivity index (χ1n) is 7.86. The highest BCUT2D eigenvalue weighted by molar-refractivity contribution is 7.12. The van der Waals surface area contributed by atoms with Crippen molar-refractivity contribution in [2.75, 3.05) is 12.1 Å². The fraction of sp³-hybridized carbons (Fsp3) is 0.0526. The maximum Gasteiger partial charge on any atom is 0.343 e. The SMILES string of the molecule is O=C(Oc1ccc(NC(=O)c2cccs2)cc1)c1cc(Cl)c2c(c1)OCO2. The van der Waals surface area contributed by atoms with Gasteiger partial charge in [0.1, 0.15) is 5.75 Å². The minimum Gasteiger partial charge on any atom is -0.454 e. The summed E-state index contributed by atoms with van der Waals surface area (Å²) in [5, 5.41) is 4.89. The molecule has 27 heavy (non-hydrogen) atoms. The molecule has 2 aromatic carbocycles. The lowest BCUT2D eigenvalue weighted by atomic mass is 10.2. The van der Waals surface area contributed by atoms with E-state index in [1.54, 1.807) is 30.3 Å². The van der Waals surface area contributed by atoms with Gasteiger partial charge in [-0.15, -0.1) is 11.3 Å². The van der Waals surface area contributed by atoms with E-state index < -0.39 is 5.97 Å². The molecular weight excluding hydrogens is 390 g/mol. The first-order valence-corrected chi connectivity index (χ1v) is 9.12. The number of thiophene rings is 1. The lowest BCUT2D eigenvalue weighted by molar-refractivity contribution is 0.0734. The second-order valence-corrected chi connectivity index (χ2v) is 6.89. The highest BCUT2D eigenvalue weighted by atomic mass is 35.5. The van der Waals surface area contributed by atoms with Crippen LogP contribution in [0.5, 0.6) is 17.2 Å². The summed E-state index contributed by atoms with van der Waals surface area (Å²) in [5.41, 5.74) is 0.846. The molecule has 8 heteroatoms. The summed E-state index contributed by atoms with van der Waals surface area (Å²) < 4.78 is 15.8. The maximum atomic E-state index is 12.3. The second kappa shape index (κ2) is 7.30. The lowest BCUT2D eigenvalue weighted by Crippen LogP contribution is -2.10. The van der Waals surface area contributed by atoms with E-state index in [0.717, 1.165) is 0 Å². The smallest absolute Gasteiger partial charge is 0.343 e. The van der Waals surface area contributed by atoms with Crippen molar-refractivity contribution in [3.8, 4) is 17.2 Å². The van der Waals surface area contributed by atoms with Crippen molar-refractivity contribution in [2.24, 2.45) is 0 Å². The molecule has 136 valence electrons. The Morgan fingerprint density at radius 2 is 1.93 bits per heavy atom. The third-order valence-electron chi connectivity index (χ3n) is 3.73. The number of carbonyl (C=O) groups excluding carboxylic acids is 2. The molecule has 1 N–H and O–H groups in total. The van der Waals surface area contributed by atoms with Crippen molar-refractivity contribution < 1.29 is 23.8 Å². The van der Waals surface area contributed by atoms with Crippen molar-refractivity contribution >= 4 is 40.5 Å². The number of benzene rings is 2. The van der Waals surface area contributed by atoms with E-state index in [-0.39, 0.29) is 23.3 Å². The zero-order valence-corrected chi connectivity index (χ0v) is 15.3. The van der Waals surface area contributed by atoms with Crippen molar-refractivity contribution in [1.29, 1.82) is 0 Å².